The van der Waals surface area contributed by atoms with Gasteiger partial charge in [0.15, 0.2) is 0 Å². The van der Waals surface area contributed by atoms with Crippen LogP contribution in [0.2, 0.25) is 0 Å². The summed E-state index contributed by atoms with van der Waals surface area (Å²) in [6.07, 6.45) is 0. The molecule has 0 aliphatic rings. The molecule has 0 unspecified atom stereocenters. The van der Waals surface area contributed by atoms with Gasteiger partial charge in [-0.1, -0.05) is 36.4 Å². The minimum Gasteiger partial charge on any atom is -0.508 e. The van der Waals surface area contributed by atoms with E-state index in [0.29, 0.717) is 17.1 Å². The molecule has 0 bridgehead atoms. The number of nitrogens with zero attached hydrogens (tertiary/aromatic N) is 4. The van der Waals surface area contributed by atoms with E-state index in [2.05, 4.69) is 20.5 Å². The molecule has 0 heterocycles. The SMILES string of the molecule is Cc1ccccc1N=Nc1ccc(O)cc1O.Oc1ccc(N=Nc2ccccc2)c(O)c1. The van der Waals surface area contributed by atoms with Crippen molar-refractivity contribution in [3.63, 3.8) is 0 Å². The average Bonchev–Trinajstić information content (AvgIpc) is 2.80. The van der Waals surface area contributed by atoms with Gasteiger partial charge in [0, 0.05) is 12.1 Å². The fourth-order valence-electron chi connectivity index (χ4n) is 2.58. The molecule has 0 aliphatic heterocycles. The average molecular weight is 442 g/mol. The Balaban J connectivity index is 0.000000186. The molecule has 8 nitrogen and oxygen atoms in total. The first-order chi connectivity index (χ1) is 15.9. The third kappa shape index (κ3) is 6.90. The van der Waals surface area contributed by atoms with Crippen LogP contribution in [0.3, 0.4) is 0 Å². The van der Waals surface area contributed by atoms with Gasteiger partial charge in [-0.3, -0.25) is 0 Å². The summed E-state index contributed by atoms with van der Waals surface area (Å²) >= 11 is 0. The molecule has 0 saturated carbocycles. The summed E-state index contributed by atoms with van der Waals surface area (Å²) in [5.74, 6) is -0.199. The van der Waals surface area contributed by atoms with Crippen molar-refractivity contribution in [2.45, 2.75) is 6.92 Å². The monoisotopic (exact) mass is 442 g/mol. The van der Waals surface area contributed by atoms with E-state index in [1.165, 1.54) is 36.4 Å². The van der Waals surface area contributed by atoms with E-state index < -0.39 is 0 Å². The molecule has 4 aromatic rings. The molecule has 4 N–H and O–H groups in total. The molecule has 0 radical (unpaired) electrons. The highest BCUT2D eigenvalue weighted by Crippen LogP contribution is 2.32. The van der Waals surface area contributed by atoms with Crippen molar-refractivity contribution in [2.75, 3.05) is 0 Å². The lowest BCUT2D eigenvalue weighted by Gasteiger charge is -1.99. The van der Waals surface area contributed by atoms with Crippen molar-refractivity contribution >= 4 is 22.7 Å². The normalized spacial score (nSPS) is 10.8. The van der Waals surface area contributed by atoms with Crippen molar-refractivity contribution in [3.05, 3.63) is 96.6 Å². The number of aryl methyl sites for hydroxylation is 1. The minimum atomic E-state index is -0.0975. The van der Waals surface area contributed by atoms with Crippen LogP contribution < -0.4 is 0 Å². The topological polar surface area (TPSA) is 130 Å². The number of rotatable bonds is 4. The smallest absolute Gasteiger partial charge is 0.146 e. The fraction of sp³-hybridized carbons (Fsp3) is 0.0400. The Bertz CT molecular complexity index is 1270. The third-order valence-corrected chi connectivity index (χ3v) is 4.33. The van der Waals surface area contributed by atoms with Crippen LogP contribution in [0.25, 0.3) is 0 Å². The molecule has 4 rings (SSSR count). The summed E-state index contributed by atoms with van der Waals surface area (Å²) in [6, 6.07) is 25.1. The van der Waals surface area contributed by atoms with Crippen molar-refractivity contribution in [2.24, 2.45) is 20.5 Å². The van der Waals surface area contributed by atoms with Gasteiger partial charge < -0.3 is 20.4 Å². The van der Waals surface area contributed by atoms with E-state index in [0.717, 1.165) is 11.3 Å². The standard InChI is InChI=1S/C13H12N2O2.C12H10N2O2/c1-9-4-2-3-5-11(9)14-15-12-7-6-10(16)8-13(12)17;15-10-6-7-11(12(16)8-10)14-13-9-4-2-1-3-5-9/h2-8,16-17H,1H3;1-8,15-16H. The van der Waals surface area contributed by atoms with E-state index >= 15 is 0 Å². The van der Waals surface area contributed by atoms with Crippen LogP contribution in [0.1, 0.15) is 5.56 Å². The Hall–Kier alpha value is -4.72. The molecular weight excluding hydrogens is 420 g/mol. The van der Waals surface area contributed by atoms with Gasteiger partial charge in [0.05, 0.1) is 11.4 Å². The summed E-state index contributed by atoms with van der Waals surface area (Å²) in [7, 11) is 0. The van der Waals surface area contributed by atoms with Gasteiger partial charge >= 0.3 is 0 Å². The lowest BCUT2D eigenvalue weighted by atomic mass is 10.2. The van der Waals surface area contributed by atoms with Crippen LogP contribution in [0.15, 0.2) is 111 Å². The van der Waals surface area contributed by atoms with E-state index in [4.69, 9.17) is 10.2 Å². The van der Waals surface area contributed by atoms with Crippen molar-refractivity contribution in [3.8, 4) is 23.0 Å². The number of aromatic hydroxyl groups is 4. The maximum atomic E-state index is 9.52. The van der Waals surface area contributed by atoms with Gasteiger partial charge in [0.2, 0.25) is 0 Å². The number of azo groups is 2. The lowest BCUT2D eigenvalue weighted by molar-refractivity contribution is 0.450. The maximum Gasteiger partial charge on any atom is 0.146 e. The first kappa shape index (κ1) is 23.0. The Kier molecular flexibility index (Phi) is 7.69. The number of phenols is 4. The highest BCUT2D eigenvalue weighted by Gasteiger charge is 2.01. The van der Waals surface area contributed by atoms with Gasteiger partial charge in [-0.05, 0) is 55.0 Å². The molecule has 0 saturated heterocycles. The van der Waals surface area contributed by atoms with Crippen LogP contribution in [0.5, 0.6) is 23.0 Å². The number of phenolic OH excluding ortho intramolecular Hbond substituents is 4. The van der Waals surface area contributed by atoms with Crippen molar-refractivity contribution < 1.29 is 20.4 Å². The highest BCUT2D eigenvalue weighted by molar-refractivity contribution is 5.55. The van der Waals surface area contributed by atoms with E-state index in [-0.39, 0.29) is 23.0 Å². The summed E-state index contributed by atoms with van der Waals surface area (Å²) in [5, 5.41) is 53.0. The molecule has 0 aromatic heterocycles. The summed E-state index contributed by atoms with van der Waals surface area (Å²) < 4.78 is 0. The molecule has 33 heavy (non-hydrogen) atoms. The van der Waals surface area contributed by atoms with Crippen LogP contribution in [0, 0.1) is 6.92 Å². The molecule has 0 amide bonds. The Morgan fingerprint density at radius 3 is 1.52 bits per heavy atom. The molecule has 0 aliphatic carbocycles. The molecule has 0 spiro atoms. The summed E-state index contributed by atoms with van der Waals surface area (Å²) in [6.45, 7) is 1.94. The second-order valence-corrected chi connectivity index (χ2v) is 6.87. The summed E-state index contributed by atoms with van der Waals surface area (Å²) in [5.41, 5.74) is 3.11. The first-order valence-electron chi connectivity index (χ1n) is 9.90. The number of hydrogen-bond acceptors (Lipinski definition) is 8. The van der Waals surface area contributed by atoms with Gasteiger partial charge in [0.1, 0.15) is 34.4 Å². The van der Waals surface area contributed by atoms with Crippen molar-refractivity contribution in [1.82, 2.24) is 0 Å². The predicted octanol–water partition coefficient (Wildman–Crippen LogP) is 7.33. The zero-order valence-corrected chi connectivity index (χ0v) is 17.7. The molecular formula is C25H22N4O4. The summed E-state index contributed by atoms with van der Waals surface area (Å²) in [4.78, 5) is 0. The van der Waals surface area contributed by atoms with Gasteiger partial charge in [-0.15, -0.1) is 10.2 Å². The Morgan fingerprint density at radius 1 is 0.485 bits per heavy atom. The minimum absolute atomic E-state index is 0.00246. The van der Waals surface area contributed by atoms with Crippen LogP contribution in [-0.4, -0.2) is 20.4 Å². The van der Waals surface area contributed by atoms with Gasteiger partial charge in [-0.25, -0.2) is 0 Å². The molecule has 0 fully saturated rings. The lowest BCUT2D eigenvalue weighted by Crippen LogP contribution is -1.72. The largest absolute Gasteiger partial charge is 0.508 e. The number of hydrogen-bond donors (Lipinski definition) is 4. The molecule has 8 heteroatoms. The Labute approximate surface area is 190 Å². The first-order valence-corrected chi connectivity index (χ1v) is 9.90. The molecule has 4 aromatic carbocycles. The fourth-order valence-corrected chi connectivity index (χ4v) is 2.58. The number of benzene rings is 4. The van der Waals surface area contributed by atoms with Crippen LogP contribution in [-0.2, 0) is 0 Å². The van der Waals surface area contributed by atoms with Gasteiger partial charge in [-0.2, -0.15) is 10.2 Å². The quantitative estimate of drug-likeness (QED) is 0.246. The van der Waals surface area contributed by atoms with Crippen LogP contribution >= 0.6 is 0 Å². The highest BCUT2D eigenvalue weighted by atomic mass is 16.3. The second kappa shape index (κ2) is 11.1. The maximum absolute atomic E-state index is 9.52. The van der Waals surface area contributed by atoms with E-state index in [9.17, 15) is 10.2 Å². The molecule has 166 valence electrons. The Morgan fingerprint density at radius 2 is 0.970 bits per heavy atom. The predicted molar refractivity (Wildman–Crippen MR) is 126 cm³/mol. The van der Waals surface area contributed by atoms with Crippen molar-refractivity contribution in [1.29, 1.82) is 0 Å². The van der Waals surface area contributed by atoms with E-state index in [1.54, 1.807) is 12.1 Å². The zero-order valence-electron chi connectivity index (χ0n) is 17.7. The second-order valence-electron chi connectivity index (χ2n) is 6.87. The van der Waals surface area contributed by atoms with E-state index in [1.807, 2.05) is 49.4 Å². The van der Waals surface area contributed by atoms with Crippen LogP contribution in [0.4, 0.5) is 22.7 Å². The van der Waals surface area contributed by atoms with Gasteiger partial charge in [0.25, 0.3) is 0 Å². The third-order valence-electron chi connectivity index (χ3n) is 4.33. The zero-order chi connectivity index (χ0) is 23.6. The molecule has 0 atom stereocenters.